The molecule has 0 amide bonds. The lowest BCUT2D eigenvalue weighted by atomic mass is 9.97. The van der Waals surface area contributed by atoms with Crippen LogP contribution < -0.4 is 5.32 Å². The summed E-state index contributed by atoms with van der Waals surface area (Å²) in [5.41, 5.74) is 2.67. The van der Waals surface area contributed by atoms with E-state index in [1.54, 1.807) is 16.8 Å². The van der Waals surface area contributed by atoms with Gasteiger partial charge in [0.2, 0.25) is 0 Å². The number of benzene rings is 1. The van der Waals surface area contributed by atoms with Gasteiger partial charge >= 0.3 is 6.18 Å². The van der Waals surface area contributed by atoms with E-state index in [0.717, 1.165) is 28.7 Å². The maximum absolute atomic E-state index is 13.6. The zero-order chi connectivity index (χ0) is 21.6. The molecule has 1 aliphatic rings. The zero-order valence-corrected chi connectivity index (χ0v) is 17.6. The molecule has 0 saturated carbocycles. The quantitative estimate of drug-likeness (QED) is 0.586. The van der Waals surface area contributed by atoms with Crippen molar-refractivity contribution in [2.24, 2.45) is 0 Å². The molecule has 8 heteroatoms. The Balaban J connectivity index is 1.86. The molecular formula is C22H21F3N4S. The number of halogens is 3. The number of rotatable bonds is 3. The average Bonchev–Trinajstić information content (AvgIpc) is 3.17. The second kappa shape index (κ2) is 7.43. The molecule has 0 unspecified atom stereocenters. The highest BCUT2D eigenvalue weighted by Gasteiger charge is 2.40. The first-order valence-electron chi connectivity index (χ1n) is 9.50. The topological polar surface area (TPSA) is 33.1 Å². The van der Waals surface area contributed by atoms with Crippen LogP contribution in [0.15, 0.2) is 54.7 Å². The van der Waals surface area contributed by atoms with E-state index in [1.807, 2.05) is 50.1 Å². The minimum atomic E-state index is -4.44. The lowest BCUT2D eigenvalue weighted by Crippen LogP contribution is -2.25. The van der Waals surface area contributed by atoms with Crippen LogP contribution in [0.3, 0.4) is 0 Å². The van der Waals surface area contributed by atoms with E-state index in [2.05, 4.69) is 10.3 Å². The van der Waals surface area contributed by atoms with Crippen LogP contribution in [0.25, 0.3) is 5.69 Å². The number of thiocarbonyl (C=S) groups is 1. The van der Waals surface area contributed by atoms with Crippen LogP contribution in [0.1, 0.15) is 40.3 Å². The first-order valence-corrected chi connectivity index (χ1v) is 9.90. The number of aromatic nitrogens is 2. The average molecular weight is 430 g/mol. The maximum Gasteiger partial charge on any atom is 0.418 e. The number of nitrogens with zero attached hydrogens (tertiary/aromatic N) is 3. The minimum Gasteiger partial charge on any atom is -0.352 e. The predicted octanol–water partition coefficient (Wildman–Crippen LogP) is 5.11. The molecule has 30 heavy (non-hydrogen) atoms. The minimum absolute atomic E-state index is 0.122. The third-order valence-electron chi connectivity index (χ3n) is 5.58. The van der Waals surface area contributed by atoms with E-state index in [0.29, 0.717) is 5.11 Å². The fourth-order valence-electron chi connectivity index (χ4n) is 4.21. The molecule has 2 aromatic heterocycles. The van der Waals surface area contributed by atoms with Crippen molar-refractivity contribution in [2.45, 2.75) is 32.1 Å². The number of hydrogen-bond donors (Lipinski definition) is 1. The number of nitrogens with one attached hydrogen (secondary N) is 1. The molecule has 2 atom stereocenters. The summed E-state index contributed by atoms with van der Waals surface area (Å²) in [7, 11) is 1.89. The molecule has 0 radical (unpaired) electrons. The van der Waals surface area contributed by atoms with Gasteiger partial charge in [-0.25, -0.2) is 0 Å². The summed E-state index contributed by atoms with van der Waals surface area (Å²) in [5, 5.41) is 3.89. The van der Waals surface area contributed by atoms with Gasteiger partial charge in [0.15, 0.2) is 5.11 Å². The lowest BCUT2D eigenvalue weighted by molar-refractivity contribution is -0.137. The summed E-state index contributed by atoms with van der Waals surface area (Å²) in [6.45, 7) is 3.67. The molecule has 1 aromatic carbocycles. The van der Waals surface area contributed by atoms with Crippen LogP contribution in [0.5, 0.6) is 0 Å². The molecule has 4 rings (SSSR count). The molecule has 3 heterocycles. The first kappa shape index (κ1) is 20.4. The Hall–Kier alpha value is -2.87. The van der Waals surface area contributed by atoms with Crippen LogP contribution in [0.4, 0.5) is 13.2 Å². The van der Waals surface area contributed by atoms with Crippen molar-refractivity contribution in [1.82, 2.24) is 19.8 Å². The van der Waals surface area contributed by atoms with Gasteiger partial charge in [0, 0.05) is 24.6 Å². The fraction of sp³-hybridized carbons (Fsp3) is 0.273. The summed E-state index contributed by atoms with van der Waals surface area (Å²) in [6, 6.07) is 12.9. The van der Waals surface area contributed by atoms with Crippen molar-refractivity contribution in [3.63, 3.8) is 0 Å². The third kappa shape index (κ3) is 3.35. The van der Waals surface area contributed by atoms with E-state index in [4.69, 9.17) is 12.2 Å². The summed E-state index contributed by atoms with van der Waals surface area (Å²) in [6.07, 6.45) is -2.72. The SMILES string of the molecule is Cc1cc([C@@H]2[C@@H](c3ccccn3)NC(=S)N2C)c(C)n1-c1ccccc1C(F)(F)F. The summed E-state index contributed by atoms with van der Waals surface area (Å²) < 4.78 is 42.6. The molecule has 156 valence electrons. The number of alkyl halides is 3. The van der Waals surface area contributed by atoms with Crippen molar-refractivity contribution >= 4 is 17.3 Å². The molecule has 4 nitrogen and oxygen atoms in total. The highest BCUT2D eigenvalue weighted by Crippen LogP contribution is 2.41. The van der Waals surface area contributed by atoms with Crippen LogP contribution in [-0.2, 0) is 6.18 Å². The Morgan fingerprint density at radius 1 is 1.07 bits per heavy atom. The van der Waals surface area contributed by atoms with Crippen molar-refractivity contribution in [3.8, 4) is 5.69 Å². The van der Waals surface area contributed by atoms with Gasteiger partial charge in [-0.3, -0.25) is 4.98 Å². The van der Waals surface area contributed by atoms with Gasteiger partial charge < -0.3 is 14.8 Å². The molecular weight excluding hydrogens is 409 g/mol. The number of hydrogen-bond acceptors (Lipinski definition) is 2. The summed E-state index contributed by atoms with van der Waals surface area (Å²) in [4.78, 5) is 6.41. The van der Waals surface area contributed by atoms with Gasteiger partial charge in [0.25, 0.3) is 0 Å². The monoisotopic (exact) mass is 430 g/mol. The molecule has 0 spiro atoms. The van der Waals surface area contributed by atoms with Crippen LogP contribution >= 0.6 is 12.2 Å². The molecule has 3 aromatic rings. The van der Waals surface area contributed by atoms with Crippen molar-refractivity contribution in [1.29, 1.82) is 0 Å². The fourth-order valence-corrected chi connectivity index (χ4v) is 4.45. The van der Waals surface area contributed by atoms with Crippen LogP contribution in [-0.4, -0.2) is 26.6 Å². The molecule has 0 bridgehead atoms. The number of likely N-dealkylation sites (N-methyl/N-ethyl adjacent to an activating group) is 1. The van der Waals surface area contributed by atoms with Gasteiger partial charge in [-0.05, 0) is 62.0 Å². The third-order valence-corrected chi connectivity index (χ3v) is 5.98. The van der Waals surface area contributed by atoms with Crippen molar-refractivity contribution in [2.75, 3.05) is 7.05 Å². The molecule has 0 aliphatic carbocycles. The van der Waals surface area contributed by atoms with Crippen LogP contribution in [0.2, 0.25) is 0 Å². The standard InChI is InChI=1S/C22H21F3N4S/c1-13-12-15(14(2)29(13)18-10-5-4-8-16(18)22(23,24)25)20-19(27-21(30)28(20)3)17-9-6-7-11-26-17/h4-12,19-20H,1-3H3,(H,27,30)/t19-,20-/m1/s1. The van der Waals surface area contributed by atoms with E-state index in [-0.39, 0.29) is 17.8 Å². The molecule has 1 saturated heterocycles. The maximum atomic E-state index is 13.6. The van der Waals surface area contributed by atoms with Crippen molar-refractivity contribution in [3.05, 3.63) is 82.9 Å². The zero-order valence-electron chi connectivity index (χ0n) is 16.7. The predicted molar refractivity (Wildman–Crippen MR) is 113 cm³/mol. The van der Waals surface area contributed by atoms with Crippen LogP contribution in [0, 0.1) is 13.8 Å². The van der Waals surface area contributed by atoms with E-state index in [9.17, 15) is 13.2 Å². The highest BCUT2D eigenvalue weighted by atomic mass is 32.1. The van der Waals surface area contributed by atoms with Gasteiger partial charge in [-0.15, -0.1) is 0 Å². The number of pyridine rings is 1. The summed E-state index contributed by atoms with van der Waals surface area (Å²) >= 11 is 5.47. The molecule has 1 N–H and O–H groups in total. The second-order valence-electron chi connectivity index (χ2n) is 7.41. The van der Waals surface area contributed by atoms with Gasteiger partial charge in [-0.2, -0.15) is 13.2 Å². The Bertz CT molecular complexity index is 1090. The lowest BCUT2D eigenvalue weighted by Gasteiger charge is -2.25. The Morgan fingerprint density at radius 2 is 1.77 bits per heavy atom. The largest absolute Gasteiger partial charge is 0.418 e. The van der Waals surface area contributed by atoms with Gasteiger partial charge in [0.05, 0.1) is 29.0 Å². The smallest absolute Gasteiger partial charge is 0.352 e. The Labute approximate surface area is 178 Å². The highest BCUT2D eigenvalue weighted by molar-refractivity contribution is 7.80. The molecule has 1 aliphatic heterocycles. The van der Waals surface area contributed by atoms with E-state index in [1.165, 1.54) is 12.1 Å². The van der Waals surface area contributed by atoms with E-state index < -0.39 is 11.7 Å². The Kier molecular flexibility index (Phi) is 5.05. The summed E-state index contributed by atoms with van der Waals surface area (Å²) in [5.74, 6) is 0. The van der Waals surface area contributed by atoms with Gasteiger partial charge in [-0.1, -0.05) is 18.2 Å². The van der Waals surface area contributed by atoms with Gasteiger partial charge in [0.1, 0.15) is 0 Å². The second-order valence-corrected chi connectivity index (χ2v) is 7.80. The number of aryl methyl sites for hydroxylation is 1. The Morgan fingerprint density at radius 3 is 2.43 bits per heavy atom. The first-order chi connectivity index (χ1) is 14.2. The van der Waals surface area contributed by atoms with Crippen molar-refractivity contribution < 1.29 is 13.2 Å². The van der Waals surface area contributed by atoms with E-state index >= 15 is 0 Å². The molecule has 1 fully saturated rings. The normalized spacial score (nSPS) is 19.3. The number of para-hydroxylation sites is 1.